The number of hydrogen-bond acceptors (Lipinski definition) is 3. The predicted molar refractivity (Wildman–Crippen MR) is 139 cm³/mol. The summed E-state index contributed by atoms with van der Waals surface area (Å²) in [7, 11) is 0. The fourth-order valence-corrected chi connectivity index (χ4v) is 4.20. The van der Waals surface area contributed by atoms with Gasteiger partial charge in [-0.3, -0.25) is 4.79 Å². The SMILES string of the molecule is CCOc1c(/C(C)=C/C(=O)NCCc2ccccc2)cc2c(-c3ccc(C)cc3)coc2c1C. The molecule has 0 aliphatic rings. The molecule has 0 fully saturated rings. The van der Waals surface area contributed by atoms with E-state index in [1.165, 1.54) is 11.1 Å². The summed E-state index contributed by atoms with van der Waals surface area (Å²) in [6.07, 6.45) is 4.25. The first-order valence-corrected chi connectivity index (χ1v) is 11.7. The molecule has 34 heavy (non-hydrogen) atoms. The van der Waals surface area contributed by atoms with Crippen LogP contribution in [0.25, 0.3) is 27.7 Å². The summed E-state index contributed by atoms with van der Waals surface area (Å²) in [5, 5.41) is 4.01. The molecule has 1 amide bonds. The number of ether oxygens (including phenoxy) is 1. The molecular formula is C30H31NO3. The molecule has 0 radical (unpaired) electrons. The van der Waals surface area contributed by atoms with Gasteiger partial charge in [-0.1, -0.05) is 60.2 Å². The smallest absolute Gasteiger partial charge is 0.244 e. The van der Waals surface area contributed by atoms with Crippen molar-refractivity contribution in [2.45, 2.75) is 34.1 Å². The quantitative estimate of drug-likeness (QED) is 0.296. The Morgan fingerprint density at radius 1 is 1.06 bits per heavy atom. The van der Waals surface area contributed by atoms with Gasteiger partial charge in [0.15, 0.2) is 0 Å². The maximum atomic E-state index is 12.7. The van der Waals surface area contributed by atoms with Crippen molar-refractivity contribution in [1.82, 2.24) is 5.32 Å². The molecule has 1 aromatic heterocycles. The van der Waals surface area contributed by atoms with Crippen LogP contribution in [-0.4, -0.2) is 19.1 Å². The van der Waals surface area contributed by atoms with Crippen molar-refractivity contribution >= 4 is 22.4 Å². The molecule has 174 valence electrons. The highest BCUT2D eigenvalue weighted by Crippen LogP contribution is 2.40. The number of benzene rings is 3. The average molecular weight is 454 g/mol. The van der Waals surface area contributed by atoms with Crippen LogP contribution in [-0.2, 0) is 11.2 Å². The number of nitrogens with one attached hydrogen (secondary N) is 1. The van der Waals surface area contributed by atoms with Crippen molar-refractivity contribution in [3.8, 4) is 16.9 Å². The second-order valence-corrected chi connectivity index (χ2v) is 8.56. The summed E-state index contributed by atoms with van der Waals surface area (Å²) in [5.41, 5.74) is 8.03. The number of rotatable bonds is 8. The van der Waals surface area contributed by atoms with Crippen molar-refractivity contribution in [3.63, 3.8) is 0 Å². The molecule has 1 N–H and O–H groups in total. The number of fused-ring (bicyclic) bond motifs is 1. The zero-order valence-corrected chi connectivity index (χ0v) is 20.3. The van der Waals surface area contributed by atoms with Gasteiger partial charge in [0.1, 0.15) is 11.3 Å². The van der Waals surface area contributed by atoms with E-state index in [0.29, 0.717) is 13.2 Å². The van der Waals surface area contributed by atoms with Gasteiger partial charge < -0.3 is 14.5 Å². The minimum atomic E-state index is -0.111. The molecule has 0 atom stereocenters. The van der Waals surface area contributed by atoms with Gasteiger partial charge in [-0.25, -0.2) is 0 Å². The van der Waals surface area contributed by atoms with Crippen LogP contribution >= 0.6 is 0 Å². The normalized spacial score (nSPS) is 11.6. The van der Waals surface area contributed by atoms with Crippen LogP contribution in [0.5, 0.6) is 5.75 Å². The van der Waals surface area contributed by atoms with Crippen LogP contribution in [0.1, 0.15) is 36.1 Å². The number of carbonyl (C=O) groups excluding carboxylic acids is 1. The van der Waals surface area contributed by atoms with Crippen LogP contribution in [0.15, 0.2) is 77.4 Å². The third kappa shape index (κ3) is 5.07. The molecule has 0 saturated carbocycles. The minimum absolute atomic E-state index is 0.111. The lowest BCUT2D eigenvalue weighted by Gasteiger charge is -2.15. The van der Waals surface area contributed by atoms with Crippen LogP contribution in [0, 0.1) is 13.8 Å². The molecule has 0 unspecified atom stereocenters. The van der Waals surface area contributed by atoms with E-state index in [4.69, 9.17) is 9.15 Å². The molecule has 4 heteroatoms. The topological polar surface area (TPSA) is 51.5 Å². The van der Waals surface area contributed by atoms with Crippen LogP contribution in [0.2, 0.25) is 0 Å². The Morgan fingerprint density at radius 2 is 1.79 bits per heavy atom. The lowest BCUT2D eigenvalue weighted by molar-refractivity contribution is -0.116. The van der Waals surface area contributed by atoms with Gasteiger partial charge in [0.05, 0.1) is 12.9 Å². The molecular weight excluding hydrogens is 422 g/mol. The Hall–Kier alpha value is -3.79. The molecule has 0 bridgehead atoms. The minimum Gasteiger partial charge on any atom is -0.493 e. The predicted octanol–water partition coefficient (Wildman–Crippen LogP) is 6.88. The first-order valence-electron chi connectivity index (χ1n) is 11.7. The van der Waals surface area contributed by atoms with E-state index in [9.17, 15) is 4.79 Å². The standard InChI is InChI=1S/C30H31NO3/c1-5-33-29-22(4)30-26(27(19-34-30)24-13-11-20(2)12-14-24)18-25(29)21(3)17-28(32)31-16-15-23-9-7-6-8-10-23/h6-14,17-19H,5,15-16H2,1-4H3,(H,31,32)/b21-17+. The van der Waals surface area contributed by atoms with Crippen LogP contribution in [0.3, 0.4) is 0 Å². The van der Waals surface area contributed by atoms with Crippen molar-refractivity contribution in [1.29, 1.82) is 0 Å². The number of furan rings is 1. The first kappa shape index (κ1) is 23.4. The molecule has 4 rings (SSSR count). The molecule has 4 aromatic rings. The maximum Gasteiger partial charge on any atom is 0.244 e. The van der Waals surface area contributed by atoms with Gasteiger partial charge in [0, 0.05) is 34.7 Å². The highest BCUT2D eigenvalue weighted by molar-refractivity contribution is 6.01. The number of aryl methyl sites for hydroxylation is 2. The van der Waals surface area contributed by atoms with E-state index in [2.05, 4.69) is 54.7 Å². The van der Waals surface area contributed by atoms with E-state index >= 15 is 0 Å². The van der Waals surface area contributed by atoms with Crippen LogP contribution < -0.4 is 10.1 Å². The van der Waals surface area contributed by atoms with E-state index in [1.54, 1.807) is 12.3 Å². The summed E-state index contributed by atoms with van der Waals surface area (Å²) in [5.74, 6) is 0.644. The summed E-state index contributed by atoms with van der Waals surface area (Å²) in [4.78, 5) is 12.7. The molecule has 4 nitrogen and oxygen atoms in total. The Balaban J connectivity index is 1.65. The largest absolute Gasteiger partial charge is 0.493 e. The van der Waals surface area contributed by atoms with Gasteiger partial charge >= 0.3 is 0 Å². The highest BCUT2D eigenvalue weighted by Gasteiger charge is 2.19. The third-order valence-corrected chi connectivity index (χ3v) is 6.02. The maximum absolute atomic E-state index is 12.7. The van der Waals surface area contributed by atoms with E-state index in [0.717, 1.165) is 51.0 Å². The van der Waals surface area contributed by atoms with Gasteiger partial charge in [-0.2, -0.15) is 0 Å². The lowest BCUT2D eigenvalue weighted by atomic mass is 9.96. The van der Waals surface area contributed by atoms with Gasteiger partial charge in [-0.05, 0) is 56.9 Å². The zero-order chi connectivity index (χ0) is 24.1. The number of carbonyl (C=O) groups is 1. The fourth-order valence-electron chi connectivity index (χ4n) is 4.20. The van der Waals surface area contributed by atoms with Crippen molar-refractivity contribution in [3.05, 3.63) is 95.3 Å². The van der Waals surface area contributed by atoms with Gasteiger partial charge in [-0.15, -0.1) is 0 Å². The summed E-state index contributed by atoms with van der Waals surface area (Å²) in [6, 6.07) is 20.6. The lowest BCUT2D eigenvalue weighted by Crippen LogP contribution is -2.23. The molecule has 0 saturated heterocycles. The Bertz CT molecular complexity index is 1310. The summed E-state index contributed by atoms with van der Waals surface area (Å²) >= 11 is 0. The molecule has 3 aromatic carbocycles. The Labute approximate surface area is 201 Å². The first-order chi connectivity index (χ1) is 16.5. The summed E-state index contributed by atoms with van der Waals surface area (Å²) < 4.78 is 12.0. The number of allylic oxidation sites excluding steroid dienone is 1. The monoisotopic (exact) mass is 453 g/mol. The average Bonchev–Trinajstić information content (AvgIpc) is 3.26. The molecule has 0 aliphatic carbocycles. The Kier molecular flexibility index (Phi) is 7.17. The van der Waals surface area contributed by atoms with E-state index in [1.807, 2.05) is 39.0 Å². The zero-order valence-electron chi connectivity index (χ0n) is 20.3. The number of amides is 1. The van der Waals surface area contributed by atoms with Crippen LogP contribution in [0.4, 0.5) is 0 Å². The summed E-state index contributed by atoms with van der Waals surface area (Å²) in [6.45, 7) is 9.11. The third-order valence-electron chi connectivity index (χ3n) is 6.02. The van der Waals surface area contributed by atoms with Crippen molar-refractivity contribution in [2.24, 2.45) is 0 Å². The van der Waals surface area contributed by atoms with Crippen molar-refractivity contribution in [2.75, 3.05) is 13.2 Å². The highest BCUT2D eigenvalue weighted by atomic mass is 16.5. The molecule has 1 heterocycles. The Morgan fingerprint density at radius 3 is 2.50 bits per heavy atom. The molecule has 0 spiro atoms. The van der Waals surface area contributed by atoms with E-state index < -0.39 is 0 Å². The van der Waals surface area contributed by atoms with Gasteiger partial charge in [0.2, 0.25) is 5.91 Å². The number of hydrogen-bond donors (Lipinski definition) is 1. The van der Waals surface area contributed by atoms with E-state index in [-0.39, 0.29) is 5.91 Å². The van der Waals surface area contributed by atoms with Gasteiger partial charge in [0.25, 0.3) is 0 Å². The second kappa shape index (κ2) is 10.4. The molecule has 0 aliphatic heterocycles. The second-order valence-electron chi connectivity index (χ2n) is 8.56. The van der Waals surface area contributed by atoms with Crippen molar-refractivity contribution < 1.29 is 13.9 Å². The fraction of sp³-hybridized carbons (Fsp3) is 0.233.